The van der Waals surface area contributed by atoms with E-state index in [1.165, 1.54) is 0 Å². The van der Waals surface area contributed by atoms with Crippen LogP contribution in [0.15, 0.2) is 0 Å². The van der Waals surface area contributed by atoms with Crippen LogP contribution >= 0.6 is 0 Å². The molecule has 0 unspecified atom stereocenters. The summed E-state index contributed by atoms with van der Waals surface area (Å²) >= 11 is 0. The van der Waals surface area contributed by atoms with Crippen LogP contribution < -0.4 is 28.7 Å². The van der Waals surface area contributed by atoms with Crippen molar-refractivity contribution in [1.29, 1.82) is 0 Å². The summed E-state index contributed by atoms with van der Waals surface area (Å²) in [6, 6.07) is -4.30. The lowest BCUT2D eigenvalue weighted by Gasteiger charge is -2.47. The van der Waals surface area contributed by atoms with Gasteiger partial charge in [0.15, 0.2) is 18.9 Å². The predicted molar refractivity (Wildman–Crippen MR) is 136 cm³/mol. The molecule has 42 heavy (non-hydrogen) atoms. The number of aliphatic hydroxyl groups is 8. The van der Waals surface area contributed by atoms with Crippen LogP contribution in [0, 0.1) is 0 Å². The summed E-state index contributed by atoms with van der Waals surface area (Å²) < 4.78 is 34.4. The molecule has 1 saturated carbocycles. The lowest BCUT2D eigenvalue weighted by molar-refractivity contribution is -0.310. The smallest absolute Gasteiger partial charge is 0.187 e. The van der Waals surface area contributed by atoms with E-state index in [4.69, 9.17) is 57.1 Å². The lowest BCUT2D eigenvalue weighted by atomic mass is 9.84. The van der Waals surface area contributed by atoms with E-state index >= 15 is 0 Å². The average Bonchev–Trinajstić information content (AvgIpc) is 3.27. The Morgan fingerprint density at radius 1 is 0.524 bits per heavy atom. The SMILES string of the molecule is NC[C@@H]1O[C@H](O[C@H]2[C@H](O)[C@H](O[C@H]3[C@@H](O)[C@H](N)C[C@H](N)[C@H]3O[C@H]3O[C@H](CO)[C@@H](O)[C@@H](O)[C@H]3N)O[C@@H]2CO)[C@@H](N)[C@@H](O)[C@@H]1O. The monoisotopic (exact) mass is 615 g/mol. The van der Waals surface area contributed by atoms with Gasteiger partial charge in [0.05, 0.1) is 31.4 Å². The molecule has 19 nitrogen and oxygen atoms in total. The Hall–Kier alpha value is -0.760. The molecule has 0 radical (unpaired) electrons. The van der Waals surface area contributed by atoms with Gasteiger partial charge < -0.3 is 97.9 Å². The normalized spacial score (nSPS) is 53.8. The number of hydrogen-bond donors (Lipinski definition) is 13. The third-order valence-electron chi connectivity index (χ3n) is 8.32. The van der Waals surface area contributed by atoms with Gasteiger partial charge in [-0.15, -0.1) is 0 Å². The van der Waals surface area contributed by atoms with E-state index in [0.29, 0.717) is 0 Å². The molecular weight excluding hydrogens is 570 g/mol. The minimum Gasteiger partial charge on any atom is -0.394 e. The highest BCUT2D eigenvalue weighted by Crippen LogP contribution is 2.34. The number of nitrogens with two attached hydrogens (primary N) is 5. The molecular formula is C23H45N5O14. The maximum Gasteiger partial charge on any atom is 0.187 e. The van der Waals surface area contributed by atoms with Gasteiger partial charge in [-0.1, -0.05) is 0 Å². The first-order valence-corrected chi connectivity index (χ1v) is 13.8. The third kappa shape index (κ3) is 6.60. The molecule has 0 bridgehead atoms. The van der Waals surface area contributed by atoms with Crippen molar-refractivity contribution in [3.8, 4) is 0 Å². The second-order valence-electron chi connectivity index (χ2n) is 11.2. The van der Waals surface area contributed by atoms with E-state index in [1.54, 1.807) is 0 Å². The molecule has 19 atom stereocenters. The summed E-state index contributed by atoms with van der Waals surface area (Å²) in [5.74, 6) is 0. The van der Waals surface area contributed by atoms with Crippen LogP contribution in [0.1, 0.15) is 6.42 Å². The first-order valence-electron chi connectivity index (χ1n) is 13.8. The van der Waals surface area contributed by atoms with Crippen molar-refractivity contribution in [2.75, 3.05) is 19.8 Å². The molecule has 0 amide bonds. The van der Waals surface area contributed by atoms with Gasteiger partial charge in [0, 0.05) is 18.6 Å². The summed E-state index contributed by atoms with van der Waals surface area (Å²) in [5, 5.41) is 82.3. The molecule has 3 saturated heterocycles. The number of hydrogen-bond acceptors (Lipinski definition) is 19. The third-order valence-corrected chi connectivity index (χ3v) is 8.32. The largest absolute Gasteiger partial charge is 0.394 e. The van der Waals surface area contributed by atoms with Gasteiger partial charge in [-0.2, -0.15) is 0 Å². The first kappa shape index (κ1) is 34.1. The van der Waals surface area contributed by atoms with E-state index < -0.39 is 129 Å². The van der Waals surface area contributed by atoms with Gasteiger partial charge in [0.2, 0.25) is 0 Å². The molecule has 4 rings (SSSR count). The van der Waals surface area contributed by atoms with Crippen LogP contribution in [-0.4, -0.2) is 177 Å². The van der Waals surface area contributed by atoms with E-state index in [1.807, 2.05) is 0 Å². The lowest BCUT2D eigenvalue weighted by Crippen LogP contribution is -2.68. The maximum atomic E-state index is 11.1. The molecule has 4 aliphatic rings. The molecule has 3 aliphatic heterocycles. The summed E-state index contributed by atoms with van der Waals surface area (Å²) in [4.78, 5) is 0. The Labute approximate surface area is 240 Å². The van der Waals surface area contributed by atoms with Crippen molar-refractivity contribution in [2.45, 2.75) is 123 Å². The number of ether oxygens (including phenoxy) is 6. The molecule has 3 heterocycles. The Bertz CT molecular complexity index is 866. The van der Waals surface area contributed by atoms with Crippen LogP contribution in [0.25, 0.3) is 0 Å². The van der Waals surface area contributed by atoms with Gasteiger partial charge >= 0.3 is 0 Å². The fraction of sp³-hybridized carbons (Fsp3) is 1.00. The highest BCUT2D eigenvalue weighted by Gasteiger charge is 2.54. The minimum absolute atomic E-state index is 0.0642. The molecule has 0 aromatic heterocycles. The molecule has 0 spiro atoms. The predicted octanol–water partition coefficient (Wildman–Crippen LogP) is -8.86. The highest BCUT2D eigenvalue weighted by molar-refractivity contribution is 5.02. The number of aliphatic hydroxyl groups excluding tert-OH is 8. The van der Waals surface area contributed by atoms with Gasteiger partial charge in [-0.25, -0.2) is 0 Å². The maximum absolute atomic E-state index is 11.1. The summed E-state index contributed by atoms with van der Waals surface area (Å²) in [6.45, 7) is -1.49. The van der Waals surface area contributed by atoms with Crippen molar-refractivity contribution in [1.82, 2.24) is 0 Å². The van der Waals surface area contributed by atoms with Gasteiger partial charge in [-0.05, 0) is 6.42 Å². The standard InChI is InChI=1S/C23H45N5O14/c24-2-7-13(32)15(34)10(27)21(37-7)41-19-9(4-30)39-23(17(19)36)42-20-12(31)5(25)1-6(26)18(20)40-22-11(28)16(35)14(33)8(3-29)38-22/h5-23,29-36H,1-4,24-28H2/t5-,6+,7+,8-,9-,10+,11-,12+,13-,14-,15-,16+,17+,18-,19-,20+,21-,22-,23+/m1/s1. The zero-order valence-corrected chi connectivity index (χ0v) is 22.7. The second kappa shape index (κ2) is 14.1. The van der Waals surface area contributed by atoms with Gasteiger partial charge in [-0.3, -0.25) is 0 Å². The van der Waals surface area contributed by atoms with Gasteiger partial charge in [0.1, 0.15) is 67.1 Å². The van der Waals surface area contributed by atoms with Crippen LogP contribution in [0.4, 0.5) is 0 Å². The summed E-state index contributed by atoms with van der Waals surface area (Å²) in [5.41, 5.74) is 29.9. The Morgan fingerprint density at radius 2 is 1.00 bits per heavy atom. The van der Waals surface area contributed by atoms with Crippen molar-refractivity contribution < 1.29 is 69.3 Å². The van der Waals surface area contributed by atoms with Crippen molar-refractivity contribution in [3.63, 3.8) is 0 Å². The summed E-state index contributed by atoms with van der Waals surface area (Å²) in [7, 11) is 0. The van der Waals surface area contributed by atoms with Crippen LogP contribution in [0.5, 0.6) is 0 Å². The first-order chi connectivity index (χ1) is 19.8. The molecule has 18 N–H and O–H groups in total. The Morgan fingerprint density at radius 3 is 1.55 bits per heavy atom. The van der Waals surface area contributed by atoms with Crippen LogP contribution in [-0.2, 0) is 28.4 Å². The Balaban J connectivity index is 1.50. The fourth-order valence-corrected chi connectivity index (χ4v) is 5.70. The van der Waals surface area contributed by atoms with Crippen LogP contribution in [0.2, 0.25) is 0 Å². The van der Waals surface area contributed by atoms with Crippen molar-refractivity contribution >= 4 is 0 Å². The molecule has 19 heteroatoms. The van der Waals surface area contributed by atoms with E-state index in [2.05, 4.69) is 0 Å². The summed E-state index contributed by atoms with van der Waals surface area (Å²) in [6.07, 6.45) is -20.5. The average molecular weight is 616 g/mol. The van der Waals surface area contributed by atoms with Crippen LogP contribution in [0.3, 0.4) is 0 Å². The molecule has 0 aromatic rings. The van der Waals surface area contributed by atoms with E-state index in [0.717, 1.165) is 0 Å². The molecule has 0 aromatic carbocycles. The van der Waals surface area contributed by atoms with E-state index in [9.17, 15) is 40.9 Å². The topological polar surface area (TPSA) is 347 Å². The zero-order chi connectivity index (χ0) is 31.0. The van der Waals surface area contributed by atoms with Crippen molar-refractivity contribution in [3.05, 3.63) is 0 Å². The fourth-order valence-electron chi connectivity index (χ4n) is 5.70. The quantitative estimate of drug-likeness (QED) is 0.114. The Kier molecular flexibility index (Phi) is 11.5. The molecule has 4 fully saturated rings. The second-order valence-corrected chi connectivity index (χ2v) is 11.2. The number of rotatable bonds is 9. The van der Waals surface area contributed by atoms with Gasteiger partial charge in [0.25, 0.3) is 0 Å². The zero-order valence-electron chi connectivity index (χ0n) is 22.7. The molecule has 246 valence electrons. The minimum atomic E-state index is -1.62. The van der Waals surface area contributed by atoms with E-state index in [-0.39, 0.29) is 13.0 Å². The highest BCUT2D eigenvalue weighted by atomic mass is 16.8. The molecule has 1 aliphatic carbocycles. The van der Waals surface area contributed by atoms with Crippen molar-refractivity contribution in [2.24, 2.45) is 28.7 Å².